The number of ether oxygens (including phenoxy) is 1. The monoisotopic (exact) mass is 399 g/mol. The van der Waals surface area contributed by atoms with Crippen molar-refractivity contribution < 1.29 is 29.3 Å². The lowest BCUT2D eigenvalue weighted by Crippen LogP contribution is -2.54. The van der Waals surface area contributed by atoms with Crippen LogP contribution in [-0.2, 0) is 14.3 Å². The largest absolute Gasteiger partial charge is 0.444 e. The van der Waals surface area contributed by atoms with Gasteiger partial charge in [0.25, 0.3) is 0 Å². The standard InChI is InChI=1S/C19H33N3O6/c1-19(2,3)28-18(27)22-8-6-7-14(22)16(25)20-13(10-23)15(24)11-9-12(11)17(26)21(4)5/h11-15,23-24H,6-10H2,1-5H3,(H,20,25)/t11-,12+,13+,14+,15-/m1/s1. The maximum atomic E-state index is 12.7. The molecule has 1 saturated heterocycles. The highest BCUT2D eigenvalue weighted by Gasteiger charge is 2.50. The van der Waals surface area contributed by atoms with Crippen molar-refractivity contribution in [3.8, 4) is 0 Å². The molecule has 1 saturated carbocycles. The quantitative estimate of drug-likeness (QED) is 0.576. The molecule has 28 heavy (non-hydrogen) atoms. The molecule has 1 aliphatic carbocycles. The summed E-state index contributed by atoms with van der Waals surface area (Å²) in [7, 11) is 3.31. The first-order chi connectivity index (χ1) is 13.0. The Bertz CT molecular complexity index is 603. The number of amides is 3. The molecule has 9 nitrogen and oxygen atoms in total. The predicted octanol–water partition coefficient (Wildman–Crippen LogP) is -0.0518. The highest BCUT2D eigenvalue weighted by atomic mass is 16.6. The fraction of sp³-hybridized carbons (Fsp3) is 0.842. The minimum Gasteiger partial charge on any atom is -0.444 e. The Morgan fingerprint density at radius 3 is 2.46 bits per heavy atom. The highest BCUT2D eigenvalue weighted by molar-refractivity contribution is 5.86. The Morgan fingerprint density at radius 1 is 1.29 bits per heavy atom. The van der Waals surface area contributed by atoms with E-state index in [1.165, 1.54) is 9.80 Å². The van der Waals surface area contributed by atoms with Crippen LogP contribution in [-0.4, -0.2) is 89.0 Å². The first-order valence-corrected chi connectivity index (χ1v) is 9.76. The number of rotatable bonds is 6. The average Bonchev–Trinajstić information content (AvgIpc) is 3.23. The Hall–Kier alpha value is -1.87. The molecule has 9 heteroatoms. The SMILES string of the molecule is CN(C)C(=O)[C@H]1C[C@H]1[C@@H](O)[C@H](CO)NC(=O)[C@@H]1CCCN1C(=O)OC(C)(C)C. The van der Waals surface area contributed by atoms with Crippen molar-refractivity contribution in [1.29, 1.82) is 0 Å². The fourth-order valence-electron chi connectivity index (χ4n) is 3.60. The molecule has 0 spiro atoms. The molecule has 0 aromatic heterocycles. The van der Waals surface area contributed by atoms with Gasteiger partial charge in [-0.25, -0.2) is 4.79 Å². The second-order valence-electron chi connectivity index (χ2n) is 8.86. The normalized spacial score (nSPS) is 26.4. The minimum atomic E-state index is -1.03. The maximum Gasteiger partial charge on any atom is 0.410 e. The Labute approximate surface area is 166 Å². The average molecular weight is 399 g/mol. The zero-order chi connectivity index (χ0) is 21.2. The van der Waals surface area contributed by atoms with Crippen LogP contribution in [0.3, 0.4) is 0 Å². The lowest BCUT2D eigenvalue weighted by molar-refractivity contribution is -0.130. The van der Waals surface area contributed by atoms with Crippen molar-refractivity contribution in [1.82, 2.24) is 15.1 Å². The van der Waals surface area contributed by atoms with Crippen LogP contribution in [0.15, 0.2) is 0 Å². The number of aliphatic hydroxyl groups is 2. The van der Waals surface area contributed by atoms with Crippen molar-refractivity contribution in [3.63, 3.8) is 0 Å². The van der Waals surface area contributed by atoms with Gasteiger partial charge < -0.3 is 25.2 Å². The Kier molecular flexibility index (Phi) is 6.93. The zero-order valence-electron chi connectivity index (χ0n) is 17.3. The highest BCUT2D eigenvalue weighted by Crippen LogP contribution is 2.43. The van der Waals surface area contributed by atoms with E-state index in [-0.39, 0.29) is 17.7 Å². The number of hydrogen-bond acceptors (Lipinski definition) is 6. The van der Waals surface area contributed by atoms with E-state index in [0.717, 1.165) is 0 Å². The Morgan fingerprint density at radius 2 is 1.93 bits per heavy atom. The summed E-state index contributed by atoms with van der Waals surface area (Å²) in [6.45, 7) is 5.24. The van der Waals surface area contributed by atoms with E-state index in [1.807, 2.05) is 0 Å². The molecule has 0 unspecified atom stereocenters. The molecule has 1 aliphatic heterocycles. The van der Waals surface area contributed by atoms with E-state index in [4.69, 9.17) is 4.74 Å². The van der Waals surface area contributed by atoms with Crippen LogP contribution in [0.5, 0.6) is 0 Å². The third-order valence-corrected chi connectivity index (χ3v) is 5.16. The zero-order valence-corrected chi connectivity index (χ0v) is 17.3. The van der Waals surface area contributed by atoms with E-state index in [0.29, 0.717) is 25.8 Å². The van der Waals surface area contributed by atoms with Crippen molar-refractivity contribution in [2.24, 2.45) is 11.8 Å². The van der Waals surface area contributed by atoms with Gasteiger partial charge in [-0.05, 0) is 46.0 Å². The molecule has 2 rings (SSSR count). The second-order valence-corrected chi connectivity index (χ2v) is 8.86. The number of nitrogens with zero attached hydrogens (tertiary/aromatic N) is 2. The third kappa shape index (κ3) is 5.35. The number of likely N-dealkylation sites (tertiary alicyclic amines) is 1. The summed E-state index contributed by atoms with van der Waals surface area (Å²) in [6.07, 6.45) is 0.109. The summed E-state index contributed by atoms with van der Waals surface area (Å²) >= 11 is 0. The number of aliphatic hydroxyl groups excluding tert-OH is 2. The van der Waals surface area contributed by atoms with Gasteiger partial charge in [0.2, 0.25) is 11.8 Å². The molecule has 0 aromatic carbocycles. The van der Waals surface area contributed by atoms with Crippen LogP contribution in [0, 0.1) is 11.8 Å². The van der Waals surface area contributed by atoms with Crippen LogP contribution >= 0.6 is 0 Å². The van der Waals surface area contributed by atoms with Crippen molar-refractivity contribution in [3.05, 3.63) is 0 Å². The molecule has 2 fully saturated rings. The summed E-state index contributed by atoms with van der Waals surface area (Å²) in [5.74, 6) is -1.09. The number of carbonyl (C=O) groups is 3. The second kappa shape index (κ2) is 8.65. The van der Waals surface area contributed by atoms with Gasteiger partial charge in [0.05, 0.1) is 18.8 Å². The third-order valence-electron chi connectivity index (χ3n) is 5.16. The van der Waals surface area contributed by atoms with E-state index < -0.39 is 42.4 Å². The molecule has 0 aromatic rings. The molecule has 5 atom stereocenters. The van der Waals surface area contributed by atoms with Gasteiger partial charge in [-0.3, -0.25) is 14.5 Å². The summed E-state index contributed by atoms with van der Waals surface area (Å²) in [5.41, 5.74) is -0.662. The van der Waals surface area contributed by atoms with Gasteiger partial charge in [-0.2, -0.15) is 0 Å². The van der Waals surface area contributed by atoms with Crippen molar-refractivity contribution in [2.75, 3.05) is 27.2 Å². The molecule has 160 valence electrons. The summed E-state index contributed by atoms with van der Waals surface area (Å²) in [6, 6.07) is -1.59. The lowest BCUT2D eigenvalue weighted by atomic mass is 10.0. The number of carbonyl (C=O) groups excluding carboxylic acids is 3. The van der Waals surface area contributed by atoms with Crippen LogP contribution in [0.1, 0.15) is 40.0 Å². The molecule has 1 heterocycles. The van der Waals surface area contributed by atoms with Gasteiger partial charge in [-0.15, -0.1) is 0 Å². The molecule has 0 radical (unpaired) electrons. The molecule has 3 N–H and O–H groups in total. The smallest absolute Gasteiger partial charge is 0.410 e. The molecular weight excluding hydrogens is 366 g/mol. The van der Waals surface area contributed by atoms with Crippen LogP contribution < -0.4 is 5.32 Å². The molecule has 3 amide bonds. The topological polar surface area (TPSA) is 119 Å². The van der Waals surface area contributed by atoms with E-state index in [2.05, 4.69) is 5.32 Å². The van der Waals surface area contributed by atoms with Gasteiger partial charge in [-0.1, -0.05) is 0 Å². The first-order valence-electron chi connectivity index (χ1n) is 9.76. The van der Waals surface area contributed by atoms with Crippen LogP contribution in [0.2, 0.25) is 0 Å². The molecule has 2 aliphatic rings. The Balaban J connectivity index is 1.96. The van der Waals surface area contributed by atoms with E-state index >= 15 is 0 Å². The van der Waals surface area contributed by atoms with Gasteiger partial charge in [0, 0.05) is 26.6 Å². The first kappa shape index (κ1) is 22.4. The molecule has 0 bridgehead atoms. The predicted molar refractivity (Wildman–Crippen MR) is 101 cm³/mol. The summed E-state index contributed by atoms with van der Waals surface area (Å²) in [5, 5.41) is 22.8. The van der Waals surface area contributed by atoms with Crippen molar-refractivity contribution >= 4 is 17.9 Å². The summed E-state index contributed by atoms with van der Waals surface area (Å²) in [4.78, 5) is 39.9. The van der Waals surface area contributed by atoms with Crippen LogP contribution in [0.4, 0.5) is 4.79 Å². The van der Waals surface area contributed by atoms with Gasteiger partial charge in [0.15, 0.2) is 0 Å². The molecular formula is C19H33N3O6. The summed E-state index contributed by atoms with van der Waals surface area (Å²) < 4.78 is 5.36. The van der Waals surface area contributed by atoms with Gasteiger partial charge in [0.1, 0.15) is 11.6 Å². The van der Waals surface area contributed by atoms with E-state index in [9.17, 15) is 24.6 Å². The maximum absolute atomic E-state index is 12.7. The fourth-order valence-corrected chi connectivity index (χ4v) is 3.60. The van der Waals surface area contributed by atoms with Crippen LogP contribution in [0.25, 0.3) is 0 Å². The number of hydrogen-bond donors (Lipinski definition) is 3. The van der Waals surface area contributed by atoms with E-state index in [1.54, 1.807) is 34.9 Å². The van der Waals surface area contributed by atoms with Gasteiger partial charge >= 0.3 is 6.09 Å². The number of nitrogens with one attached hydrogen (secondary N) is 1. The lowest BCUT2D eigenvalue weighted by Gasteiger charge is -2.30. The minimum absolute atomic E-state index is 0.0704. The van der Waals surface area contributed by atoms with Crippen molar-refractivity contribution in [2.45, 2.75) is 63.8 Å².